The molecule has 0 spiro atoms. The Hall–Kier alpha value is -1.55. The normalized spacial score (nSPS) is 24.8. The number of ether oxygens (including phenoxy) is 1. The number of aromatic hydroxyl groups is 1. The van der Waals surface area contributed by atoms with Crippen LogP contribution in [-0.2, 0) is 4.74 Å². The summed E-state index contributed by atoms with van der Waals surface area (Å²) >= 11 is 0. The first-order valence-electron chi connectivity index (χ1n) is 9.78. The van der Waals surface area contributed by atoms with E-state index in [4.69, 9.17) is 4.74 Å². The molecule has 0 heterocycles. The van der Waals surface area contributed by atoms with Gasteiger partial charge in [-0.3, -0.25) is 0 Å². The minimum Gasteiger partial charge on any atom is -0.507 e. The zero-order chi connectivity index (χ0) is 17.6. The Morgan fingerprint density at radius 3 is 2.56 bits per heavy atom. The first-order valence-corrected chi connectivity index (χ1v) is 9.78. The molecule has 2 aliphatic rings. The van der Waals surface area contributed by atoms with Gasteiger partial charge in [-0.2, -0.15) is 0 Å². The number of benzene rings is 1. The zero-order valence-electron chi connectivity index (χ0n) is 15.0. The summed E-state index contributed by atoms with van der Waals surface area (Å²) in [7, 11) is 0. The maximum atomic E-state index is 12.4. The smallest absolute Gasteiger partial charge is 0.341 e. The van der Waals surface area contributed by atoms with Crippen molar-refractivity contribution in [2.45, 2.75) is 63.7 Å². The first kappa shape index (κ1) is 18.2. The van der Waals surface area contributed by atoms with Crippen molar-refractivity contribution in [1.29, 1.82) is 0 Å². The molecular formula is C21H30O4. The Morgan fingerprint density at radius 1 is 1.04 bits per heavy atom. The molecule has 2 N–H and O–H groups in total. The van der Waals surface area contributed by atoms with E-state index in [1.807, 2.05) is 6.07 Å². The van der Waals surface area contributed by atoms with E-state index in [-0.39, 0.29) is 17.9 Å². The number of carbonyl (C=O) groups excluding carboxylic acids is 1. The maximum Gasteiger partial charge on any atom is 0.341 e. The van der Waals surface area contributed by atoms with Gasteiger partial charge in [-0.15, -0.1) is 0 Å². The summed E-state index contributed by atoms with van der Waals surface area (Å²) in [5.74, 6) is 0.726. The molecule has 2 saturated carbocycles. The molecule has 1 aromatic rings. The van der Waals surface area contributed by atoms with Crippen LogP contribution in [0, 0.1) is 11.8 Å². The monoisotopic (exact) mass is 346 g/mol. The molecule has 0 amide bonds. The van der Waals surface area contributed by atoms with Gasteiger partial charge < -0.3 is 14.9 Å². The third kappa shape index (κ3) is 4.75. The van der Waals surface area contributed by atoms with Crippen molar-refractivity contribution in [3.8, 4) is 5.75 Å². The summed E-state index contributed by atoms with van der Waals surface area (Å²) in [5.41, 5.74) is 1.35. The fourth-order valence-corrected chi connectivity index (χ4v) is 4.36. The van der Waals surface area contributed by atoms with Crippen molar-refractivity contribution >= 4 is 5.97 Å². The highest BCUT2D eigenvalue weighted by molar-refractivity contribution is 5.92. The summed E-state index contributed by atoms with van der Waals surface area (Å²) in [4.78, 5) is 12.4. The molecule has 2 atom stereocenters. The van der Waals surface area contributed by atoms with Crippen LogP contribution in [0.5, 0.6) is 5.75 Å². The van der Waals surface area contributed by atoms with Crippen LogP contribution >= 0.6 is 0 Å². The molecule has 2 fully saturated rings. The molecule has 0 bridgehead atoms. The van der Waals surface area contributed by atoms with E-state index in [2.05, 4.69) is 0 Å². The minimum absolute atomic E-state index is 0.00749. The highest BCUT2D eigenvalue weighted by atomic mass is 16.5. The number of aliphatic hydroxyl groups excluding tert-OH is 1. The van der Waals surface area contributed by atoms with Gasteiger partial charge in [0.1, 0.15) is 11.3 Å². The number of rotatable bonds is 5. The summed E-state index contributed by atoms with van der Waals surface area (Å²) in [5, 5.41) is 19.5. The third-order valence-electron chi connectivity index (χ3n) is 5.93. The summed E-state index contributed by atoms with van der Waals surface area (Å²) in [6, 6.07) is 5.30. The summed E-state index contributed by atoms with van der Waals surface area (Å²) in [6.45, 7) is 0.684. The van der Waals surface area contributed by atoms with Gasteiger partial charge in [-0.05, 0) is 67.6 Å². The van der Waals surface area contributed by atoms with Crippen molar-refractivity contribution in [3.05, 3.63) is 29.3 Å². The molecular weight excluding hydrogens is 316 g/mol. The van der Waals surface area contributed by atoms with Crippen molar-refractivity contribution in [3.63, 3.8) is 0 Å². The van der Waals surface area contributed by atoms with E-state index >= 15 is 0 Å². The van der Waals surface area contributed by atoms with Crippen LogP contribution in [0.25, 0.3) is 0 Å². The van der Waals surface area contributed by atoms with Crippen molar-refractivity contribution in [2.24, 2.45) is 11.8 Å². The molecule has 0 aliphatic heterocycles. The van der Waals surface area contributed by atoms with Gasteiger partial charge in [-0.25, -0.2) is 4.79 Å². The lowest BCUT2D eigenvalue weighted by molar-refractivity contribution is 0.0407. The summed E-state index contributed by atoms with van der Waals surface area (Å²) < 4.78 is 5.49. The van der Waals surface area contributed by atoms with E-state index < -0.39 is 5.97 Å². The highest BCUT2D eigenvalue weighted by Gasteiger charge is 2.25. The second-order valence-electron chi connectivity index (χ2n) is 7.79. The number of phenolic OH excluding ortho intramolecular Hbond substituents is 1. The molecule has 4 nitrogen and oxygen atoms in total. The Morgan fingerprint density at radius 2 is 1.80 bits per heavy atom. The molecule has 1 aromatic carbocycles. The van der Waals surface area contributed by atoms with E-state index in [0.29, 0.717) is 24.4 Å². The Labute approximate surface area is 150 Å². The van der Waals surface area contributed by atoms with Gasteiger partial charge in [0.25, 0.3) is 0 Å². The van der Waals surface area contributed by atoms with E-state index in [9.17, 15) is 15.0 Å². The number of aliphatic hydroxyl groups is 1. The van der Waals surface area contributed by atoms with Crippen LogP contribution in [-0.4, -0.2) is 29.4 Å². The Balaban J connectivity index is 1.65. The lowest BCUT2D eigenvalue weighted by Crippen LogP contribution is -2.18. The van der Waals surface area contributed by atoms with E-state index in [1.54, 1.807) is 12.1 Å². The Bertz CT molecular complexity index is 577. The van der Waals surface area contributed by atoms with Gasteiger partial charge in [-0.1, -0.05) is 31.7 Å². The molecule has 0 saturated heterocycles. The van der Waals surface area contributed by atoms with E-state index in [1.165, 1.54) is 19.3 Å². The van der Waals surface area contributed by atoms with Crippen molar-refractivity contribution in [2.75, 3.05) is 13.2 Å². The average Bonchev–Trinajstić information content (AvgIpc) is 2.67. The third-order valence-corrected chi connectivity index (χ3v) is 5.93. The van der Waals surface area contributed by atoms with Gasteiger partial charge in [0.05, 0.1) is 6.61 Å². The standard InChI is InChI=1S/C21H30O4/c22-13-16-7-4-8-17(11-16)18-9-10-20(23)19(12-18)21(24)25-14-15-5-2-1-3-6-15/h9-10,12,15-17,22-23H,1-8,11,13-14H2. The fourth-order valence-electron chi connectivity index (χ4n) is 4.36. The molecule has 25 heavy (non-hydrogen) atoms. The molecule has 4 heteroatoms. The van der Waals surface area contributed by atoms with Crippen LogP contribution < -0.4 is 0 Å². The number of esters is 1. The number of hydrogen-bond acceptors (Lipinski definition) is 4. The van der Waals surface area contributed by atoms with Crippen LogP contribution in [0.15, 0.2) is 18.2 Å². The molecule has 3 rings (SSSR count). The molecule has 2 unspecified atom stereocenters. The number of carbonyl (C=O) groups is 1. The number of hydrogen-bond donors (Lipinski definition) is 2. The second-order valence-corrected chi connectivity index (χ2v) is 7.79. The van der Waals surface area contributed by atoms with Crippen molar-refractivity contribution < 1.29 is 19.7 Å². The fraction of sp³-hybridized carbons (Fsp3) is 0.667. The largest absolute Gasteiger partial charge is 0.507 e. The van der Waals surface area contributed by atoms with Crippen LogP contribution in [0.4, 0.5) is 0 Å². The van der Waals surface area contributed by atoms with Crippen LogP contribution in [0.2, 0.25) is 0 Å². The quantitative estimate of drug-likeness (QED) is 0.776. The van der Waals surface area contributed by atoms with Crippen LogP contribution in [0.1, 0.15) is 79.6 Å². The van der Waals surface area contributed by atoms with Crippen LogP contribution in [0.3, 0.4) is 0 Å². The molecule has 0 aromatic heterocycles. The average molecular weight is 346 g/mol. The van der Waals surface area contributed by atoms with Gasteiger partial charge in [0, 0.05) is 6.61 Å². The zero-order valence-corrected chi connectivity index (χ0v) is 15.0. The first-order chi connectivity index (χ1) is 12.2. The minimum atomic E-state index is -0.417. The van der Waals surface area contributed by atoms with E-state index in [0.717, 1.165) is 44.1 Å². The predicted molar refractivity (Wildman–Crippen MR) is 96.7 cm³/mol. The molecule has 138 valence electrons. The highest BCUT2D eigenvalue weighted by Crippen LogP contribution is 2.37. The SMILES string of the molecule is O=C(OCC1CCCCC1)c1cc(C2CCCC(CO)C2)ccc1O. The maximum absolute atomic E-state index is 12.4. The lowest BCUT2D eigenvalue weighted by atomic mass is 9.78. The second kappa shape index (κ2) is 8.70. The van der Waals surface area contributed by atoms with Crippen molar-refractivity contribution in [1.82, 2.24) is 0 Å². The lowest BCUT2D eigenvalue weighted by Gasteiger charge is -2.28. The number of phenols is 1. The topological polar surface area (TPSA) is 66.8 Å². The molecule has 2 aliphatic carbocycles. The molecule has 0 radical (unpaired) electrons. The summed E-state index contributed by atoms with van der Waals surface area (Å²) in [6.07, 6.45) is 10.2. The Kier molecular flexibility index (Phi) is 6.35. The van der Waals surface area contributed by atoms with Gasteiger partial charge >= 0.3 is 5.97 Å². The predicted octanol–water partition coefficient (Wildman–Crippen LogP) is 4.40. The van der Waals surface area contributed by atoms with Gasteiger partial charge in [0.2, 0.25) is 0 Å². The van der Waals surface area contributed by atoms with Gasteiger partial charge in [0.15, 0.2) is 0 Å².